The fraction of sp³-hybridized carbons (Fsp3) is 0. The zero-order chi connectivity index (χ0) is 14.7. The first kappa shape index (κ1) is 13.2. The van der Waals surface area contributed by atoms with Crippen LogP contribution in [-0.4, -0.2) is 0 Å². The number of rotatable bonds is 3. The predicted molar refractivity (Wildman–Crippen MR) is 82.8 cm³/mol. The smallest absolute Gasteiger partial charge is 0.153 e. The lowest BCUT2D eigenvalue weighted by molar-refractivity contribution is 0.480. The molecule has 0 bridgehead atoms. The third-order valence-corrected chi connectivity index (χ3v) is 3.20. The Bertz CT molecular complexity index is 739. The summed E-state index contributed by atoms with van der Waals surface area (Å²) in [6.45, 7) is 0. The van der Waals surface area contributed by atoms with Gasteiger partial charge in [-0.1, -0.05) is 48.5 Å². The van der Waals surface area contributed by atoms with Crippen LogP contribution in [0.25, 0.3) is 11.1 Å². The van der Waals surface area contributed by atoms with E-state index in [-0.39, 0.29) is 5.69 Å². The number of anilines is 1. The highest BCUT2D eigenvalue weighted by molar-refractivity contribution is 5.64. The first-order valence-corrected chi connectivity index (χ1v) is 6.61. The molecule has 0 aliphatic rings. The van der Waals surface area contributed by atoms with Crippen molar-refractivity contribution in [3.05, 3.63) is 78.6 Å². The van der Waals surface area contributed by atoms with E-state index in [1.165, 1.54) is 6.07 Å². The van der Waals surface area contributed by atoms with E-state index in [9.17, 15) is 4.39 Å². The van der Waals surface area contributed by atoms with Crippen molar-refractivity contribution in [2.24, 2.45) is 0 Å². The van der Waals surface area contributed by atoms with Crippen molar-refractivity contribution in [3.8, 4) is 22.6 Å². The number of ether oxygens (including phenoxy) is 1. The minimum absolute atomic E-state index is 0.0182. The van der Waals surface area contributed by atoms with Crippen LogP contribution >= 0.6 is 0 Å². The minimum atomic E-state index is -0.478. The van der Waals surface area contributed by atoms with Crippen molar-refractivity contribution < 1.29 is 9.13 Å². The van der Waals surface area contributed by atoms with Crippen LogP contribution in [0.1, 0.15) is 0 Å². The summed E-state index contributed by atoms with van der Waals surface area (Å²) in [6, 6.07) is 22.2. The van der Waals surface area contributed by atoms with E-state index in [1.54, 1.807) is 12.1 Å². The Kier molecular flexibility index (Phi) is 3.56. The van der Waals surface area contributed by atoms with Crippen molar-refractivity contribution in [1.29, 1.82) is 0 Å². The molecule has 0 aliphatic carbocycles. The summed E-state index contributed by atoms with van der Waals surface area (Å²) in [5, 5.41) is 0. The molecule has 3 aromatic carbocycles. The Hall–Kier alpha value is -2.81. The molecule has 0 atom stereocenters. The number of halogens is 1. The van der Waals surface area contributed by atoms with Crippen molar-refractivity contribution in [2.75, 3.05) is 5.73 Å². The molecule has 0 aliphatic heterocycles. The second-order valence-corrected chi connectivity index (χ2v) is 4.64. The molecule has 3 heteroatoms. The summed E-state index contributed by atoms with van der Waals surface area (Å²) >= 11 is 0. The van der Waals surface area contributed by atoms with Gasteiger partial charge < -0.3 is 10.5 Å². The lowest BCUT2D eigenvalue weighted by Crippen LogP contribution is -1.95. The molecular formula is C18H14FNO. The van der Waals surface area contributed by atoms with Gasteiger partial charge in [0.25, 0.3) is 0 Å². The molecule has 0 radical (unpaired) electrons. The van der Waals surface area contributed by atoms with Gasteiger partial charge in [0, 0.05) is 0 Å². The Labute approximate surface area is 122 Å². The average Bonchev–Trinajstić information content (AvgIpc) is 2.53. The molecule has 3 rings (SSSR count). The summed E-state index contributed by atoms with van der Waals surface area (Å²) in [7, 11) is 0. The summed E-state index contributed by atoms with van der Waals surface area (Å²) in [4.78, 5) is 0. The van der Waals surface area contributed by atoms with E-state index in [1.807, 2.05) is 54.6 Å². The normalized spacial score (nSPS) is 10.3. The second-order valence-electron chi connectivity index (χ2n) is 4.64. The molecule has 3 aromatic rings. The molecule has 0 amide bonds. The Morgan fingerprint density at radius 1 is 0.714 bits per heavy atom. The maximum atomic E-state index is 13.4. The Morgan fingerprint density at radius 2 is 1.38 bits per heavy atom. The van der Waals surface area contributed by atoms with Gasteiger partial charge in [0.2, 0.25) is 0 Å². The number of benzene rings is 3. The highest BCUT2D eigenvalue weighted by Crippen LogP contribution is 2.30. The van der Waals surface area contributed by atoms with E-state index in [0.29, 0.717) is 11.5 Å². The number of para-hydroxylation sites is 1. The van der Waals surface area contributed by atoms with Gasteiger partial charge in [-0.05, 0) is 35.4 Å². The third kappa shape index (κ3) is 2.87. The molecule has 0 saturated carbocycles. The van der Waals surface area contributed by atoms with Crippen LogP contribution in [0.5, 0.6) is 11.5 Å². The summed E-state index contributed by atoms with van der Waals surface area (Å²) in [6.07, 6.45) is 0. The van der Waals surface area contributed by atoms with E-state index >= 15 is 0 Å². The monoisotopic (exact) mass is 279 g/mol. The lowest BCUT2D eigenvalue weighted by atomic mass is 10.1. The first-order valence-electron chi connectivity index (χ1n) is 6.61. The van der Waals surface area contributed by atoms with Crippen molar-refractivity contribution in [1.82, 2.24) is 0 Å². The van der Waals surface area contributed by atoms with Crippen LogP contribution in [0.15, 0.2) is 72.8 Å². The van der Waals surface area contributed by atoms with Crippen LogP contribution in [0.2, 0.25) is 0 Å². The van der Waals surface area contributed by atoms with Gasteiger partial charge in [0.1, 0.15) is 17.3 Å². The summed E-state index contributed by atoms with van der Waals surface area (Å²) in [5.74, 6) is 0.461. The molecule has 0 unspecified atom stereocenters. The molecule has 0 aromatic heterocycles. The molecule has 0 spiro atoms. The Balaban J connectivity index is 1.83. The van der Waals surface area contributed by atoms with Gasteiger partial charge in [0.15, 0.2) is 5.75 Å². The molecule has 21 heavy (non-hydrogen) atoms. The van der Waals surface area contributed by atoms with E-state index in [2.05, 4.69) is 0 Å². The SMILES string of the molecule is Nc1c(F)cccc1Oc1ccc(-c2ccccc2)cc1. The molecule has 2 nitrogen and oxygen atoms in total. The van der Waals surface area contributed by atoms with Gasteiger partial charge in [0.05, 0.1) is 0 Å². The van der Waals surface area contributed by atoms with Gasteiger partial charge in [-0.2, -0.15) is 0 Å². The molecule has 104 valence electrons. The molecule has 0 heterocycles. The van der Waals surface area contributed by atoms with Gasteiger partial charge in [-0.25, -0.2) is 4.39 Å². The molecular weight excluding hydrogens is 265 g/mol. The van der Waals surface area contributed by atoms with Gasteiger partial charge >= 0.3 is 0 Å². The van der Waals surface area contributed by atoms with E-state index in [4.69, 9.17) is 10.5 Å². The van der Waals surface area contributed by atoms with Crippen LogP contribution < -0.4 is 10.5 Å². The summed E-state index contributed by atoms with van der Waals surface area (Å²) < 4.78 is 19.0. The van der Waals surface area contributed by atoms with Crippen molar-refractivity contribution in [3.63, 3.8) is 0 Å². The van der Waals surface area contributed by atoms with E-state index in [0.717, 1.165) is 11.1 Å². The number of hydrogen-bond donors (Lipinski definition) is 1. The van der Waals surface area contributed by atoms with Crippen LogP contribution in [-0.2, 0) is 0 Å². The summed E-state index contributed by atoms with van der Waals surface area (Å²) in [5.41, 5.74) is 7.90. The average molecular weight is 279 g/mol. The zero-order valence-electron chi connectivity index (χ0n) is 11.3. The fourth-order valence-corrected chi connectivity index (χ4v) is 2.08. The first-order chi connectivity index (χ1) is 10.2. The highest BCUT2D eigenvalue weighted by atomic mass is 19.1. The molecule has 0 saturated heterocycles. The number of nitrogen functional groups attached to an aromatic ring is 1. The van der Waals surface area contributed by atoms with Crippen molar-refractivity contribution in [2.45, 2.75) is 0 Å². The predicted octanol–water partition coefficient (Wildman–Crippen LogP) is 4.87. The zero-order valence-corrected chi connectivity index (χ0v) is 11.3. The number of nitrogens with two attached hydrogens (primary N) is 1. The lowest BCUT2D eigenvalue weighted by Gasteiger charge is -2.09. The maximum absolute atomic E-state index is 13.4. The fourth-order valence-electron chi connectivity index (χ4n) is 2.08. The van der Waals surface area contributed by atoms with Crippen LogP contribution in [0.3, 0.4) is 0 Å². The minimum Gasteiger partial charge on any atom is -0.455 e. The van der Waals surface area contributed by atoms with Crippen molar-refractivity contribution >= 4 is 5.69 Å². The molecule has 2 N–H and O–H groups in total. The second kappa shape index (κ2) is 5.67. The molecule has 0 fully saturated rings. The van der Waals surface area contributed by atoms with Crippen LogP contribution in [0, 0.1) is 5.82 Å². The number of hydrogen-bond acceptors (Lipinski definition) is 2. The topological polar surface area (TPSA) is 35.2 Å². The quantitative estimate of drug-likeness (QED) is 0.694. The largest absolute Gasteiger partial charge is 0.455 e. The van der Waals surface area contributed by atoms with Gasteiger partial charge in [-0.3, -0.25) is 0 Å². The van der Waals surface area contributed by atoms with E-state index < -0.39 is 5.82 Å². The standard InChI is InChI=1S/C18H14FNO/c19-16-7-4-8-17(18(16)20)21-15-11-9-14(10-12-15)13-5-2-1-3-6-13/h1-12H,20H2. The van der Waals surface area contributed by atoms with Gasteiger partial charge in [-0.15, -0.1) is 0 Å². The third-order valence-electron chi connectivity index (χ3n) is 3.20. The Morgan fingerprint density at radius 3 is 2.10 bits per heavy atom. The highest BCUT2D eigenvalue weighted by Gasteiger charge is 2.06. The van der Waals surface area contributed by atoms with Crippen LogP contribution in [0.4, 0.5) is 10.1 Å². The maximum Gasteiger partial charge on any atom is 0.153 e.